The normalized spacial score (nSPS) is 30.6. The minimum atomic E-state index is -0.218. The fourth-order valence-corrected chi connectivity index (χ4v) is 3.50. The van der Waals surface area contributed by atoms with Crippen LogP contribution in [0.5, 0.6) is 0 Å². The maximum absolute atomic E-state index is 10.1. The summed E-state index contributed by atoms with van der Waals surface area (Å²) in [6.07, 6.45) is 4.63. The van der Waals surface area contributed by atoms with Gasteiger partial charge in [-0.2, -0.15) is 0 Å². The fraction of sp³-hybridized carbons (Fsp3) is 1.00. The van der Waals surface area contributed by atoms with Gasteiger partial charge in [0.2, 0.25) is 0 Å². The highest BCUT2D eigenvalue weighted by molar-refractivity contribution is 4.86. The number of aliphatic hydroxyl groups excluding tert-OH is 1. The summed E-state index contributed by atoms with van der Waals surface area (Å²) in [6, 6.07) is 0.596. The van der Waals surface area contributed by atoms with E-state index < -0.39 is 0 Å². The molecule has 2 N–H and O–H groups in total. The Labute approximate surface area is 120 Å². The molecular weight excluding hydrogens is 234 g/mol. The van der Waals surface area contributed by atoms with Crippen LogP contribution in [0.1, 0.15) is 67.2 Å². The van der Waals surface area contributed by atoms with Gasteiger partial charge in [-0.05, 0) is 42.4 Å². The Balaban J connectivity index is 2.44. The van der Waals surface area contributed by atoms with Crippen molar-refractivity contribution < 1.29 is 5.11 Å². The summed E-state index contributed by atoms with van der Waals surface area (Å²) in [6.45, 7) is 14.3. The summed E-state index contributed by atoms with van der Waals surface area (Å²) < 4.78 is 0. The Morgan fingerprint density at radius 1 is 1.21 bits per heavy atom. The highest BCUT2D eigenvalue weighted by Gasteiger charge is 2.30. The van der Waals surface area contributed by atoms with Crippen LogP contribution < -0.4 is 5.32 Å². The van der Waals surface area contributed by atoms with Gasteiger partial charge < -0.3 is 10.4 Å². The van der Waals surface area contributed by atoms with Gasteiger partial charge in [0, 0.05) is 12.6 Å². The van der Waals surface area contributed by atoms with Gasteiger partial charge in [-0.1, -0.05) is 48.0 Å². The van der Waals surface area contributed by atoms with Crippen molar-refractivity contribution in [2.45, 2.75) is 79.4 Å². The van der Waals surface area contributed by atoms with Crippen LogP contribution in [-0.4, -0.2) is 23.8 Å². The molecule has 19 heavy (non-hydrogen) atoms. The maximum atomic E-state index is 10.1. The maximum Gasteiger partial charge on any atom is 0.0669 e. The summed E-state index contributed by atoms with van der Waals surface area (Å²) >= 11 is 0. The number of rotatable bonds is 5. The molecule has 4 unspecified atom stereocenters. The molecule has 0 aromatic rings. The molecule has 0 spiro atoms. The van der Waals surface area contributed by atoms with Crippen LogP contribution >= 0.6 is 0 Å². The van der Waals surface area contributed by atoms with Crippen LogP contribution in [0, 0.1) is 23.2 Å². The predicted molar refractivity (Wildman–Crippen MR) is 83.2 cm³/mol. The van der Waals surface area contributed by atoms with E-state index in [2.05, 4.69) is 46.9 Å². The van der Waals surface area contributed by atoms with Crippen LogP contribution in [-0.2, 0) is 0 Å². The predicted octanol–water partition coefficient (Wildman–Crippen LogP) is 3.83. The van der Waals surface area contributed by atoms with Crippen LogP contribution in [0.2, 0.25) is 0 Å². The second kappa shape index (κ2) is 7.08. The molecule has 0 radical (unpaired) electrons. The third-order valence-electron chi connectivity index (χ3n) is 4.49. The van der Waals surface area contributed by atoms with Gasteiger partial charge in [0.05, 0.1) is 6.10 Å². The van der Waals surface area contributed by atoms with E-state index in [1.807, 2.05) is 0 Å². The second-order valence-corrected chi connectivity index (χ2v) is 8.26. The van der Waals surface area contributed by atoms with E-state index in [0.29, 0.717) is 6.04 Å². The molecule has 0 aromatic carbocycles. The standard InChI is InChI=1S/C17H35NO/c1-12(2)15-8-7-13(3)9-16(15)18-11-14(19)10-17(4,5)6/h12-16,18-19H,7-11H2,1-6H3. The first kappa shape index (κ1) is 17.0. The van der Waals surface area contributed by atoms with E-state index in [0.717, 1.165) is 30.7 Å². The lowest BCUT2D eigenvalue weighted by molar-refractivity contribution is 0.0992. The Kier molecular flexibility index (Phi) is 6.32. The van der Waals surface area contributed by atoms with E-state index in [-0.39, 0.29) is 11.5 Å². The largest absolute Gasteiger partial charge is 0.392 e. The number of hydrogen-bond donors (Lipinski definition) is 2. The Bertz CT molecular complexity index is 256. The molecule has 1 saturated carbocycles. The molecule has 0 aliphatic heterocycles. The Hall–Kier alpha value is -0.0800. The minimum Gasteiger partial charge on any atom is -0.392 e. The molecule has 1 fully saturated rings. The lowest BCUT2D eigenvalue weighted by Crippen LogP contribution is -2.46. The summed E-state index contributed by atoms with van der Waals surface area (Å²) in [4.78, 5) is 0. The summed E-state index contributed by atoms with van der Waals surface area (Å²) in [5, 5.41) is 13.8. The molecule has 1 aliphatic carbocycles. The molecule has 1 rings (SSSR count). The van der Waals surface area contributed by atoms with Crippen molar-refractivity contribution in [3.8, 4) is 0 Å². The van der Waals surface area contributed by atoms with Crippen molar-refractivity contribution in [3.05, 3.63) is 0 Å². The van der Waals surface area contributed by atoms with E-state index in [1.54, 1.807) is 0 Å². The van der Waals surface area contributed by atoms with E-state index in [1.165, 1.54) is 19.3 Å². The zero-order chi connectivity index (χ0) is 14.6. The zero-order valence-corrected chi connectivity index (χ0v) is 13.9. The van der Waals surface area contributed by atoms with Gasteiger partial charge in [-0.15, -0.1) is 0 Å². The quantitative estimate of drug-likeness (QED) is 0.795. The molecule has 0 amide bonds. The number of aliphatic hydroxyl groups is 1. The van der Waals surface area contributed by atoms with Crippen molar-refractivity contribution in [1.82, 2.24) is 5.32 Å². The van der Waals surface area contributed by atoms with Crippen molar-refractivity contribution in [2.24, 2.45) is 23.2 Å². The van der Waals surface area contributed by atoms with E-state index in [9.17, 15) is 5.11 Å². The van der Waals surface area contributed by atoms with Crippen molar-refractivity contribution in [2.75, 3.05) is 6.54 Å². The average Bonchev–Trinajstić information content (AvgIpc) is 2.23. The average molecular weight is 269 g/mol. The van der Waals surface area contributed by atoms with Crippen LogP contribution in [0.3, 0.4) is 0 Å². The van der Waals surface area contributed by atoms with Crippen LogP contribution in [0.25, 0.3) is 0 Å². The minimum absolute atomic E-state index is 0.207. The van der Waals surface area contributed by atoms with Crippen molar-refractivity contribution in [3.63, 3.8) is 0 Å². The molecule has 2 heteroatoms. The molecule has 0 aromatic heterocycles. The fourth-order valence-electron chi connectivity index (χ4n) is 3.50. The van der Waals surface area contributed by atoms with E-state index in [4.69, 9.17) is 0 Å². The van der Waals surface area contributed by atoms with Crippen LogP contribution in [0.15, 0.2) is 0 Å². The smallest absolute Gasteiger partial charge is 0.0669 e. The molecular formula is C17H35NO. The molecule has 0 saturated heterocycles. The highest BCUT2D eigenvalue weighted by Crippen LogP contribution is 2.33. The lowest BCUT2D eigenvalue weighted by Gasteiger charge is -2.38. The lowest BCUT2D eigenvalue weighted by atomic mass is 9.74. The molecule has 2 nitrogen and oxygen atoms in total. The first-order chi connectivity index (χ1) is 8.69. The molecule has 0 bridgehead atoms. The van der Waals surface area contributed by atoms with Gasteiger partial charge in [-0.25, -0.2) is 0 Å². The van der Waals surface area contributed by atoms with E-state index >= 15 is 0 Å². The first-order valence-electron chi connectivity index (χ1n) is 8.10. The summed E-state index contributed by atoms with van der Waals surface area (Å²) in [5.74, 6) is 2.34. The van der Waals surface area contributed by atoms with Gasteiger partial charge >= 0.3 is 0 Å². The molecule has 0 heterocycles. The molecule has 1 aliphatic rings. The zero-order valence-electron chi connectivity index (χ0n) is 13.9. The van der Waals surface area contributed by atoms with Crippen molar-refractivity contribution in [1.29, 1.82) is 0 Å². The monoisotopic (exact) mass is 269 g/mol. The van der Waals surface area contributed by atoms with Crippen LogP contribution in [0.4, 0.5) is 0 Å². The topological polar surface area (TPSA) is 32.3 Å². The summed E-state index contributed by atoms with van der Waals surface area (Å²) in [5.41, 5.74) is 0.207. The molecule has 114 valence electrons. The number of nitrogens with one attached hydrogen (secondary N) is 1. The van der Waals surface area contributed by atoms with Gasteiger partial charge in [-0.3, -0.25) is 0 Å². The Morgan fingerprint density at radius 3 is 2.37 bits per heavy atom. The summed E-state index contributed by atoms with van der Waals surface area (Å²) in [7, 11) is 0. The van der Waals surface area contributed by atoms with Gasteiger partial charge in [0.25, 0.3) is 0 Å². The second-order valence-electron chi connectivity index (χ2n) is 8.26. The Morgan fingerprint density at radius 2 is 1.84 bits per heavy atom. The molecule has 4 atom stereocenters. The third kappa shape index (κ3) is 6.27. The van der Waals surface area contributed by atoms with Gasteiger partial charge in [0.15, 0.2) is 0 Å². The third-order valence-corrected chi connectivity index (χ3v) is 4.49. The number of hydrogen-bond acceptors (Lipinski definition) is 2. The SMILES string of the molecule is CC1CCC(C(C)C)C(NCC(O)CC(C)(C)C)C1. The van der Waals surface area contributed by atoms with Gasteiger partial charge in [0.1, 0.15) is 0 Å². The van der Waals surface area contributed by atoms with Crippen molar-refractivity contribution >= 4 is 0 Å². The first-order valence-corrected chi connectivity index (χ1v) is 8.10. The highest BCUT2D eigenvalue weighted by atomic mass is 16.3.